The summed E-state index contributed by atoms with van der Waals surface area (Å²) < 4.78 is 5.62. The number of hydrogen-bond acceptors (Lipinski definition) is 4. The highest BCUT2D eigenvalue weighted by Crippen LogP contribution is 2.20. The van der Waals surface area contributed by atoms with E-state index < -0.39 is 0 Å². The SMILES string of the molecule is CCCCCCCC(CCCCCCC)COC(=O)CCCCCNCCO. The Morgan fingerprint density at radius 2 is 1.36 bits per heavy atom. The monoisotopic (exact) mass is 399 g/mol. The highest BCUT2D eigenvalue weighted by atomic mass is 16.5. The molecule has 0 spiro atoms. The number of aliphatic hydroxyl groups excluding tert-OH is 1. The molecule has 0 fully saturated rings. The molecule has 168 valence electrons. The Balaban J connectivity index is 3.89. The Kier molecular flexibility index (Phi) is 22.2. The third-order valence-corrected chi connectivity index (χ3v) is 5.43. The minimum absolute atomic E-state index is 0.0229. The molecule has 28 heavy (non-hydrogen) atoms. The van der Waals surface area contributed by atoms with Crippen molar-refractivity contribution in [2.75, 3.05) is 26.3 Å². The Hall–Kier alpha value is -0.610. The van der Waals surface area contributed by atoms with Crippen molar-refractivity contribution in [3.63, 3.8) is 0 Å². The lowest BCUT2D eigenvalue weighted by Crippen LogP contribution is -2.19. The quantitative estimate of drug-likeness (QED) is 0.173. The van der Waals surface area contributed by atoms with Gasteiger partial charge < -0.3 is 15.2 Å². The largest absolute Gasteiger partial charge is 0.465 e. The fourth-order valence-corrected chi connectivity index (χ4v) is 3.57. The third-order valence-electron chi connectivity index (χ3n) is 5.43. The van der Waals surface area contributed by atoms with Crippen molar-refractivity contribution in [3.05, 3.63) is 0 Å². The van der Waals surface area contributed by atoms with Gasteiger partial charge in [-0.05, 0) is 38.1 Å². The standard InChI is InChI=1S/C24H49NO3/c1-3-5-7-9-12-16-23(17-13-10-8-6-4-2)22-28-24(27)18-14-11-15-19-25-20-21-26/h23,25-26H,3-22H2,1-2H3. The van der Waals surface area contributed by atoms with Crippen molar-refractivity contribution in [1.82, 2.24) is 5.32 Å². The van der Waals surface area contributed by atoms with Crippen LogP contribution >= 0.6 is 0 Å². The molecule has 0 amide bonds. The molecule has 0 bridgehead atoms. The third kappa shape index (κ3) is 20.1. The van der Waals surface area contributed by atoms with E-state index in [4.69, 9.17) is 9.84 Å². The lowest BCUT2D eigenvalue weighted by Gasteiger charge is -2.17. The maximum Gasteiger partial charge on any atom is 0.305 e. The van der Waals surface area contributed by atoms with Gasteiger partial charge in [0.1, 0.15) is 0 Å². The van der Waals surface area contributed by atoms with Gasteiger partial charge in [-0.1, -0.05) is 84.5 Å². The minimum Gasteiger partial charge on any atom is -0.465 e. The number of esters is 1. The van der Waals surface area contributed by atoms with E-state index in [0.29, 0.717) is 25.5 Å². The van der Waals surface area contributed by atoms with Crippen LogP contribution in [-0.2, 0) is 9.53 Å². The maximum atomic E-state index is 12.0. The van der Waals surface area contributed by atoms with Crippen LogP contribution < -0.4 is 5.32 Å². The van der Waals surface area contributed by atoms with Crippen molar-refractivity contribution < 1.29 is 14.6 Å². The van der Waals surface area contributed by atoms with Crippen molar-refractivity contribution in [1.29, 1.82) is 0 Å². The van der Waals surface area contributed by atoms with Gasteiger partial charge in [0.05, 0.1) is 13.2 Å². The van der Waals surface area contributed by atoms with Gasteiger partial charge in [0.15, 0.2) is 0 Å². The molecule has 0 aliphatic carbocycles. The number of aliphatic hydroxyl groups is 1. The van der Waals surface area contributed by atoms with Crippen molar-refractivity contribution >= 4 is 5.97 Å². The molecule has 0 saturated heterocycles. The summed E-state index contributed by atoms with van der Waals surface area (Å²) in [6.45, 7) is 6.88. The molecule has 0 rings (SSSR count). The second kappa shape index (κ2) is 22.7. The Bertz CT molecular complexity index is 309. The van der Waals surface area contributed by atoms with E-state index in [2.05, 4.69) is 19.2 Å². The van der Waals surface area contributed by atoms with E-state index in [0.717, 1.165) is 25.8 Å². The lowest BCUT2D eigenvalue weighted by molar-refractivity contribution is -0.145. The second-order valence-corrected chi connectivity index (χ2v) is 8.24. The van der Waals surface area contributed by atoms with Crippen molar-refractivity contribution in [2.45, 2.75) is 117 Å². The fourth-order valence-electron chi connectivity index (χ4n) is 3.57. The predicted molar refractivity (Wildman–Crippen MR) is 120 cm³/mol. The molecule has 4 heteroatoms. The van der Waals surface area contributed by atoms with Gasteiger partial charge in [0, 0.05) is 13.0 Å². The van der Waals surface area contributed by atoms with Crippen LogP contribution in [0.3, 0.4) is 0 Å². The van der Waals surface area contributed by atoms with Crippen LogP contribution in [0, 0.1) is 5.92 Å². The first-order valence-electron chi connectivity index (χ1n) is 12.2. The van der Waals surface area contributed by atoms with Crippen LogP contribution in [0.5, 0.6) is 0 Å². The van der Waals surface area contributed by atoms with E-state index in [1.165, 1.54) is 77.0 Å². The van der Waals surface area contributed by atoms with Gasteiger partial charge >= 0.3 is 5.97 Å². The second-order valence-electron chi connectivity index (χ2n) is 8.24. The first kappa shape index (κ1) is 27.4. The summed E-state index contributed by atoms with van der Waals surface area (Å²) >= 11 is 0. The summed E-state index contributed by atoms with van der Waals surface area (Å²) in [7, 11) is 0. The molecule has 2 N–H and O–H groups in total. The first-order valence-corrected chi connectivity index (χ1v) is 12.2. The normalized spacial score (nSPS) is 11.3. The van der Waals surface area contributed by atoms with Gasteiger partial charge in [0.2, 0.25) is 0 Å². The highest BCUT2D eigenvalue weighted by molar-refractivity contribution is 5.69. The molecule has 4 nitrogen and oxygen atoms in total. The van der Waals surface area contributed by atoms with E-state index in [9.17, 15) is 4.79 Å². The summed E-state index contributed by atoms with van der Waals surface area (Å²) in [4.78, 5) is 12.0. The first-order chi connectivity index (χ1) is 13.7. The summed E-state index contributed by atoms with van der Waals surface area (Å²) in [5, 5.41) is 11.9. The van der Waals surface area contributed by atoms with Gasteiger partial charge in [-0.3, -0.25) is 4.79 Å². The molecule has 0 aromatic carbocycles. The molecule has 0 unspecified atom stereocenters. The van der Waals surface area contributed by atoms with Crippen molar-refractivity contribution in [2.24, 2.45) is 5.92 Å². The zero-order valence-electron chi connectivity index (χ0n) is 19.0. The molecular formula is C24H49NO3. The predicted octanol–water partition coefficient (Wildman–Crippen LogP) is 6.01. The molecular weight excluding hydrogens is 350 g/mol. The number of nitrogens with one attached hydrogen (secondary N) is 1. The van der Waals surface area contributed by atoms with E-state index in [1.807, 2.05) is 0 Å². The number of carbonyl (C=O) groups excluding carboxylic acids is 1. The number of hydrogen-bond donors (Lipinski definition) is 2. The minimum atomic E-state index is -0.0229. The van der Waals surface area contributed by atoms with Crippen LogP contribution in [0.15, 0.2) is 0 Å². The molecule has 0 heterocycles. The van der Waals surface area contributed by atoms with Gasteiger partial charge in [-0.2, -0.15) is 0 Å². The topological polar surface area (TPSA) is 58.6 Å². The average Bonchev–Trinajstić information content (AvgIpc) is 2.70. The maximum absolute atomic E-state index is 12.0. The van der Waals surface area contributed by atoms with Crippen LogP contribution in [0.1, 0.15) is 117 Å². The fraction of sp³-hybridized carbons (Fsp3) is 0.958. The van der Waals surface area contributed by atoms with Gasteiger partial charge in [0.25, 0.3) is 0 Å². The highest BCUT2D eigenvalue weighted by Gasteiger charge is 2.12. The smallest absolute Gasteiger partial charge is 0.305 e. The Labute approximate surface area is 175 Å². The molecule has 0 aliphatic heterocycles. The average molecular weight is 400 g/mol. The number of ether oxygens (including phenoxy) is 1. The van der Waals surface area contributed by atoms with Crippen LogP contribution in [0.2, 0.25) is 0 Å². The van der Waals surface area contributed by atoms with Crippen molar-refractivity contribution in [3.8, 4) is 0 Å². The van der Waals surface area contributed by atoms with E-state index in [-0.39, 0.29) is 12.6 Å². The zero-order valence-corrected chi connectivity index (χ0v) is 19.0. The van der Waals surface area contributed by atoms with Crippen LogP contribution in [-0.4, -0.2) is 37.4 Å². The number of unbranched alkanes of at least 4 members (excludes halogenated alkanes) is 10. The van der Waals surface area contributed by atoms with E-state index in [1.54, 1.807) is 0 Å². The summed E-state index contributed by atoms with van der Waals surface area (Å²) in [6, 6.07) is 0. The Morgan fingerprint density at radius 1 is 0.786 bits per heavy atom. The summed E-state index contributed by atoms with van der Waals surface area (Å²) in [6.07, 6.45) is 19.1. The lowest BCUT2D eigenvalue weighted by atomic mass is 9.95. The van der Waals surface area contributed by atoms with Gasteiger partial charge in [-0.25, -0.2) is 0 Å². The molecule has 0 aliphatic rings. The molecule has 0 saturated carbocycles. The molecule has 0 radical (unpaired) electrons. The van der Waals surface area contributed by atoms with Crippen LogP contribution in [0.4, 0.5) is 0 Å². The zero-order chi connectivity index (χ0) is 20.7. The summed E-state index contributed by atoms with van der Waals surface area (Å²) in [5.41, 5.74) is 0. The van der Waals surface area contributed by atoms with Crippen LogP contribution in [0.25, 0.3) is 0 Å². The van der Waals surface area contributed by atoms with Gasteiger partial charge in [-0.15, -0.1) is 0 Å². The number of carbonyl (C=O) groups is 1. The summed E-state index contributed by atoms with van der Waals surface area (Å²) in [5.74, 6) is 0.528. The Morgan fingerprint density at radius 3 is 1.93 bits per heavy atom. The molecule has 0 aromatic rings. The molecule has 0 aromatic heterocycles. The number of rotatable bonds is 22. The van der Waals surface area contributed by atoms with E-state index >= 15 is 0 Å². The molecule has 0 atom stereocenters.